The number of nitrogens with one attached hydrogen (secondary N) is 1. The lowest BCUT2D eigenvalue weighted by molar-refractivity contribution is -0.143. The Morgan fingerprint density at radius 2 is 2.50 bits per heavy atom. The van der Waals surface area contributed by atoms with Crippen LogP contribution in [0.4, 0.5) is 0 Å². The van der Waals surface area contributed by atoms with Crippen LogP contribution in [0.2, 0.25) is 0 Å². The van der Waals surface area contributed by atoms with Crippen LogP contribution in [0, 0.1) is 0 Å². The molecule has 4 heteroatoms. The average molecular weight is 197 g/mol. The van der Waals surface area contributed by atoms with Gasteiger partial charge in [-0.15, -0.1) is 0 Å². The second-order valence-electron chi connectivity index (χ2n) is 2.94. The van der Waals surface area contributed by atoms with Crippen molar-refractivity contribution in [2.75, 3.05) is 7.11 Å². The van der Waals surface area contributed by atoms with Crippen molar-refractivity contribution < 1.29 is 13.9 Å². The minimum atomic E-state index is -0.259. The monoisotopic (exact) mass is 197 g/mol. The van der Waals surface area contributed by atoms with E-state index in [1.807, 2.05) is 19.1 Å². The van der Waals surface area contributed by atoms with Crippen LogP contribution in [-0.2, 0) is 16.1 Å². The number of hydrogen-bond donors (Lipinski definition) is 1. The first-order valence-electron chi connectivity index (χ1n) is 4.61. The molecule has 1 heterocycles. The highest BCUT2D eigenvalue weighted by Gasteiger charge is 2.15. The van der Waals surface area contributed by atoms with E-state index in [9.17, 15) is 4.79 Å². The number of carbonyl (C=O) groups excluding carboxylic acids is 1. The van der Waals surface area contributed by atoms with E-state index >= 15 is 0 Å². The summed E-state index contributed by atoms with van der Waals surface area (Å²) in [5.74, 6) is 0.575. The molecule has 0 bridgehead atoms. The molecule has 0 saturated carbocycles. The minimum absolute atomic E-state index is 0.237. The summed E-state index contributed by atoms with van der Waals surface area (Å²) in [5, 5.41) is 3.05. The summed E-state index contributed by atoms with van der Waals surface area (Å²) in [6, 6.07) is 3.41. The van der Waals surface area contributed by atoms with Gasteiger partial charge in [-0.05, 0) is 18.6 Å². The van der Waals surface area contributed by atoms with Crippen LogP contribution in [0.5, 0.6) is 0 Å². The predicted octanol–water partition coefficient (Wildman–Crippen LogP) is 1.32. The van der Waals surface area contributed by atoms with E-state index in [4.69, 9.17) is 4.42 Å². The van der Waals surface area contributed by atoms with Crippen LogP contribution in [0.3, 0.4) is 0 Å². The van der Waals surface area contributed by atoms with Gasteiger partial charge in [0, 0.05) is 0 Å². The van der Waals surface area contributed by atoms with Gasteiger partial charge in [0.2, 0.25) is 0 Å². The van der Waals surface area contributed by atoms with Crippen LogP contribution >= 0.6 is 0 Å². The van der Waals surface area contributed by atoms with Crippen molar-refractivity contribution in [1.82, 2.24) is 5.32 Å². The summed E-state index contributed by atoms with van der Waals surface area (Å²) < 4.78 is 9.77. The standard InChI is InChI=1S/C10H15NO3/c1-3-9(10(12)13-2)11-7-8-5-4-6-14-8/h4-6,9,11H,3,7H2,1-2H3. The van der Waals surface area contributed by atoms with Gasteiger partial charge < -0.3 is 9.15 Å². The highest BCUT2D eigenvalue weighted by Crippen LogP contribution is 2.01. The fourth-order valence-electron chi connectivity index (χ4n) is 1.17. The normalized spacial score (nSPS) is 12.4. The van der Waals surface area contributed by atoms with E-state index in [1.54, 1.807) is 6.26 Å². The lowest BCUT2D eigenvalue weighted by atomic mass is 10.2. The Bertz CT molecular complexity index is 269. The summed E-state index contributed by atoms with van der Waals surface area (Å²) in [6.45, 7) is 2.47. The third-order valence-corrected chi connectivity index (χ3v) is 2.00. The lowest BCUT2D eigenvalue weighted by Gasteiger charge is -2.12. The van der Waals surface area contributed by atoms with Crippen LogP contribution in [0.15, 0.2) is 22.8 Å². The van der Waals surface area contributed by atoms with E-state index in [0.29, 0.717) is 13.0 Å². The van der Waals surface area contributed by atoms with Crippen molar-refractivity contribution in [2.45, 2.75) is 25.9 Å². The smallest absolute Gasteiger partial charge is 0.322 e. The molecule has 0 aliphatic rings. The molecular weight excluding hydrogens is 182 g/mol. The highest BCUT2D eigenvalue weighted by molar-refractivity contribution is 5.75. The number of esters is 1. The molecule has 0 saturated heterocycles. The van der Waals surface area contributed by atoms with Crippen molar-refractivity contribution in [1.29, 1.82) is 0 Å². The number of rotatable bonds is 5. The van der Waals surface area contributed by atoms with Crippen molar-refractivity contribution in [3.63, 3.8) is 0 Å². The lowest BCUT2D eigenvalue weighted by Crippen LogP contribution is -2.36. The van der Waals surface area contributed by atoms with Crippen molar-refractivity contribution >= 4 is 5.97 Å². The summed E-state index contributed by atoms with van der Waals surface area (Å²) in [6.07, 6.45) is 2.31. The molecule has 0 aromatic carbocycles. The molecule has 1 aromatic heterocycles. The maximum Gasteiger partial charge on any atom is 0.322 e. The third kappa shape index (κ3) is 2.88. The van der Waals surface area contributed by atoms with Gasteiger partial charge in [-0.3, -0.25) is 10.1 Å². The Hall–Kier alpha value is -1.29. The third-order valence-electron chi connectivity index (χ3n) is 2.00. The zero-order valence-electron chi connectivity index (χ0n) is 8.45. The Morgan fingerprint density at radius 1 is 1.71 bits per heavy atom. The highest BCUT2D eigenvalue weighted by atomic mass is 16.5. The summed E-state index contributed by atoms with van der Waals surface area (Å²) in [4.78, 5) is 11.2. The molecule has 1 N–H and O–H groups in total. The quantitative estimate of drug-likeness (QED) is 0.723. The van der Waals surface area contributed by atoms with Gasteiger partial charge in [0.15, 0.2) is 0 Å². The Labute approximate surface area is 83.2 Å². The molecule has 0 fully saturated rings. The van der Waals surface area contributed by atoms with Crippen LogP contribution < -0.4 is 5.32 Å². The number of hydrogen-bond acceptors (Lipinski definition) is 4. The van der Waals surface area contributed by atoms with Gasteiger partial charge in [0.25, 0.3) is 0 Å². The fourth-order valence-corrected chi connectivity index (χ4v) is 1.17. The van der Waals surface area contributed by atoms with Crippen LogP contribution in [-0.4, -0.2) is 19.1 Å². The van der Waals surface area contributed by atoms with E-state index in [2.05, 4.69) is 10.1 Å². The molecule has 1 unspecified atom stereocenters. The topological polar surface area (TPSA) is 51.5 Å². The zero-order valence-corrected chi connectivity index (χ0v) is 8.45. The zero-order chi connectivity index (χ0) is 10.4. The Morgan fingerprint density at radius 3 is 3.00 bits per heavy atom. The summed E-state index contributed by atoms with van der Waals surface area (Å²) in [5.41, 5.74) is 0. The van der Waals surface area contributed by atoms with E-state index < -0.39 is 0 Å². The average Bonchev–Trinajstić information content (AvgIpc) is 2.71. The molecule has 78 valence electrons. The molecule has 4 nitrogen and oxygen atoms in total. The maximum absolute atomic E-state index is 11.2. The van der Waals surface area contributed by atoms with Gasteiger partial charge in [-0.25, -0.2) is 0 Å². The maximum atomic E-state index is 11.2. The molecule has 0 aliphatic carbocycles. The van der Waals surface area contributed by atoms with Crippen molar-refractivity contribution in [3.8, 4) is 0 Å². The number of ether oxygens (including phenoxy) is 1. The Balaban J connectivity index is 2.38. The second-order valence-corrected chi connectivity index (χ2v) is 2.94. The molecule has 1 atom stereocenters. The predicted molar refractivity (Wildman–Crippen MR) is 51.6 cm³/mol. The SMILES string of the molecule is CCC(NCc1ccco1)C(=O)OC. The van der Waals surface area contributed by atoms with Gasteiger partial charge in [0.1, 0.15) is 11.8 Å². The molecule has 1 rings (SSSR count). The first-order valence-corrected chi connectivity index (χ1v) is 4.61. The van der Waals surface area contributed by atoms with Crippen molar-refractivity contribution in [2.24, 2.45) is 0 Å². The molecule has 0 aliphatic heterocycles. The molecule has 0 radical (unpaired) electrons. The van der Waals surface area contributed by atoms with Crippen molar-refractivity contribution in [3.05, 3.63) is 24.2 Å². The number of methoxy groups -OCH3 is 1. The van der Waals surface area contributed by atoms with Gasteiger partial charge in [-0.1, -0.05) is 6.92 Å². The first kappa shape index (κ1) is 10.8. The van der Waals surface area contributed by atoms with Gasteiger partial charge >= 0.3 is 5.97 Å². The number of carbonyl (C=O) groups is 1. The molecule has 0 spiro atoms. The van der Waals surface area contributed by atoms with E-state index in [0.717, 1.165) is 5.76 Å². The van der Waals surface area contributed by atoms with E-state index in [-0.39, 0.29) is 12.0 Å². The fraction of sp³-hybridized carbons (Fsp3) is 0.500. The first-order chi connectivity index (χ1) is 6.77. The molecule has 14 heavy (non-hydrogen) atoms. The second kappa shape index (κ2) is 5.44. The van der Waals surface area contributed by atoms with Crippen LogP contribution in [0.25, 0.3) is 0 Å². The van der Waals surface area contributed by atoms with Gasteiger partial charge in [0.05, 0.1) is 19.9 Å². The van der Waals surface area contributed by atoms with Gasteiger partial charge in [-0.2, -0.15) is 0 Å². The van der Waals surface area contributed by atoms with Crippen LogP contribution in [0.1, 0.15) is 19.1 Å². The number of furan rings is 1. The molecule has 1 aromatic rings. The minimum Gasteiger partial charge on any atom is -0.468 e. The summed E-state index contributed by atoms with van der Waals surface area (Å²) >= 11 is 0. The summed E-state index contributed by atoms with van der Waals surface area (Å²) in [7, 11) is 1.39. The molecule has 0 amide bonds. The molecular formula is C10H15NO3. The largest absolute Gasteiger partial charge is 0.468 e. The van der Waals surface area contributed by atoms with E-state index in [1.165, 1.54) is 7.11 Å². The Kier molecular flexibility index (Phi) is 4.19.